The molecule has 0 aliphatic carbocycles. The fourth-order valence-corrected chi connectivity index (χ4v) is 0.792. The van der Waals surface area contributed by atoms with Crippen molar-refractivity contribution in [3.63, 3.8) is 0 Å². The van der Waals surface area contributed by atoms with E-state index in [0.29, 0.717) is 0 Å². The molecule has 10 heavy (non-hydrogen) atoms. The summed E-state index contributed by atoms with van der Waals surface area (Å²) in [6.07, 6.45) is 3.67. The highest BCUT2D eigenvalue weighted by Crippen LogP contribution is 1.91. The zero-order valence-electron chi connectivity index (χ0n) is 6.34. The van der Waals surface area contributed by atoms with Gasteiger partial charge in [0.2, 0.25) is 0 Å². The van der Waals surface area contributed by atoms with Gasteiger partial charge in [0.25, 0.3) is 0 Å². The van der Waals surface area contributed by atoms with Crippen LogP contribution in [-0.2, 0) is 0 Å². The van der Waals surface area contributed by atoms with E-state index in [-0.39, 0.29) is 0 Å². The maximum atomic E-state index is 4.98. The Bertz CT molecular complexity index is 130. The van der Waals surface area contributed by atoms with Gasteiger partial charge in [-0.2, -0.15) is 0 Å². The highest BCUT2D eigenvalue weighted by Gasteiger charge is 1.97. The van der Waals surface area contributed by atoms with Gasteiger partial charge in [-0.1, -0.05) is 24.4 Å². The first-order valence-corrected chi connectivity index (χ1v) is 3.60. The minimum absolute atomic E-state index is 0.807. The van der Waals surface area contributed by atoms with Gasteiger partial charge in [0.05, 0.1) is 4.99 Å². The summed E-state index contributed by atoms with van der Waals surface area (Å²) in [6.45, 7) is 10.8. The molecule has 0 N–H and O–H groups in total. The average molecular weight is 155 g/mol. The van der Waals surface area contributed by atoms with Crippen LogP contribution in [0.5, 0.6) is 0 Å². The van der Waals surface area contributed by atoms with E-state index in [0.717, 1.165) is 18.1 Å². The summed E-state index contributed by atoms with van der Waals surface area (Å²) in [6, 6.07) is 0. The van der Waals surface area contributed by atoms with Gasteiger partial charge in [-0.05, 0) is 6.92 Å². The van der Waals surface area contributed by atoms with Crippen molar-refractivity contribution in [2.45, 2.75) is 6.92 Å². The van der Waals surface area contributed by atoms with Crippen LogP contribution in [0, 0.1) is 0 Å². The van der Waals surface area contributed by atoms with Crippen molar-refractivity contribution < 1.29 is 0 Å². The summed E-state index contributed by atoms with van der Waals surface area (Å²) >= 11 is 4.98. The standard InChI is InChI=1S/C8H13NS/c1-4-6-9(7-5-2)8(3)10/h4-5H,1-2,6-7H2,3H3. The molecule has 0 aromatic rings. The SMILES string of the molecule is C=CCN(CC=C)C(C)=S. The molecule has 0 bridgehead atoms. The maximum Gasteiger partial charge on any atom is 0.0753 e. The van der Waals surface area contributed by atoms with Crippen LogP contribution in [0.2, 0.25) is 0 Å². The van der Waals surface area contributed by atoms with Gasteiger partial charge in [0.15, 0.2) is 0 Å². The van der Waals surface area contributed by atoms with Crippen LogP contribution in [0.3, 0.4) is 0 Å². The Morgan fingerprint density at radius 1 is 1.40 bits per heavy atom. The number of hydrogen-bond donors (Lipinski definition) is 0. The lowest BCUT2D eigenvalue weighted by Crippen LogP contribution is -2.27. The molecule has 0 rings (SSSR count). The van der Waals surface area contributed by atoms with Gasteiger partial charge in [-0.3, -0.25) is 0 Å². The van der Waals surface area contributed by atoms with Crippen molar-refractivity contribution in [1.82, 2.24) is 4.90 Å². The first-order chi connectivity index (χ1) is 4.72. The quantitative estimate of drug-likeness (QED) is 0.451. The molecule has 0 unspecified atom stereocenters. The van der Waals surface area contributed by atoms with E-state index in [2.05, 4.69) is 13.2 Å². The van der Waals surface area contributed by atoms with E-state index in [1.807, 2.05) is 24.0 Å². The summed E-state index contributed by atoms with van der Waals surface area (Å²) < 4.78 is 0. The second-order valence-electron chi connectivity index (χ2n) is 2.00. The van der Waals surface area contributed by atoms with Crippen molar-refractivity contribution in [2.24, 2.45) is 0 Å². The molecule has 0 heterocycles. The van der Waals surface area contributed by atoms with E-state index in [9.17, 15) is 0 Å². The smallest absolute Gasteiger partial charge is 0.0753 e. The summed E-state index contributed by atoms with van der Waals surface area (Å²) in [5, 5.41) is 0. The number of thiocarbonyl (C=S) groups is 1. The lowest BCUT2D eigenvalue weighted by atomic mass is 10.4. The molecule has 0 aromatic heterocycles. The number of nitrogens with zero attached hydrogens (tertiary/aromatic N) is 1. The molecular weight excluding hydrogens is 142 g/mol. The molecule has 0 saturated heterocycles. The zero-order valence-corrected chi connectivity index (χ0v) is 7.16. The minimum Gasteiger partial charge on any atom is -0.359 e. The molecule has 0 atom stereocenters. The van der Waals surface area contributed by atoms with E-state index in [4.69, 9.17) is 12.2 Å². The third-order valence-corrected chi connectivity index (χ3v) is 1.40. The predicted octanol–water partition coefficient (Wildman–Crippen LogP) is 2.01. The van der Waals surface area contributed by atoms with Crippen LogP contribution >= 0.6 is 12.2 Å². The summed E-state index contributed by atoms with van der Waals surface area (Å²) in [5.41, 5.74) is 0. The minimum atomic E-state index is 0.807. The molecule has 0 aliphatic rings. The van der Waals surface area contributed by atoms with Crippen LogP contribution in [-0.4, -0.2) is 23.0 Å². The van der Waals surface area contributed by atoms with Crippen LogP contribution in [0.25, 0.3) is 0 Å². The second-order valence-corrected chi connectivity index (χ2v) is 2.59. The Morgan fingerprint density at radius 2 is 1.80 bits per heavy atom. The van der Waals surface area contributed by atoms with Crippen molar-refractivity contribution in [2.75, 3.05) is 13.1 Å². The maximum absolute atomic E-state index is 4.98. The molecule has 2 heteroatoms. The van der Waals surface area contributed by atoms with Gasteiger partial charge in [-0.15, -0.1) is 13.2 Å². The lowest BCUT2D eigenvalue weighted by Gasteiger charge is -2.18. The van der Waals surface area contributed by atoms with Crippen LogP contribution in [0.15, 0.2) is 25.3 Å². The largest absolute Gasteiger partial charge is 0.359 e. The summed E-state index contributed by atoms with van der Waals surface area (Å²) in [7, 11) is 0. The molecule has 1 nitrogen and oxygen atoms in total. The predicted molar refractivity (Wildman–Crippen MR) is 50.2 cm³/mol. The van der Waals surface area contributed by atoms with Gasteiger partial charge < -0.3 is 4.90 Å². The van der Waals surface area contributed by atoms with Crippen LogP contribution in [0.1, 0.15) is 6.92 Å². The van der Waals surface area contributed by atoms with Gasteiger partial charge >= 0.3 is 0 Å². The third kappa shape index (κ3) is 3.41. The fraction of sp³-hybridized carbons (Fsp3) is 0.375. The normalized spacial score (nSPS) is 8.50. The first kappa shape index (κ1) is 9.37. The Morgan fingerprint density at radius 3 is 2.00 bits per heavy atom. The van der Waals surface area contributed by atoms with Gasteiger partial charge in [0, 0.05) is 13.1 Å². The zero-order chi connectivity index (χ0) is 7.98. The topological polar surface area (TPSA) is 3.24 Å². The summed E-state index contributed by atoms with van der Waals surface area (Å²) in [5.74, 6) is 0. The monoisotopic (exact) mass is 155 g/mol. The fourth-order valence-electron chi connectivity index (χ4n) is 0.643. The Hall–Kier alpha value is -0.630. The van der Waals surface area contributed by atoms with E-state index in [1.165, 1.54) is 0 Å². The Kier molecular flexibility index (Phi) is 4.85. The molecule has 0 fully saturated rings. The molecule has 0 amide bonds. The Balaban J connectivity index is 3.83. The van der Waals surface area contributed by atoms with E-state index in [1.54, 1.807) is 0 Å². The highest BCUT2D eigenvalue weighted by atomic mass is 32.1. The van der Waals surface area contributed by atoms with Crippen LogP contribution in [0.4, 0.5) is 0 Å². The number of rotatable bonds is 4. The van der Waals surface area contributed by atoms with Crippen molar-refractivity contribution in [3.8, 4) is 0 Å². The van der Waals surface area contributed by atoms with Crippen molar-refractivity contribution in [3.05, 3.63) is 25.3 Å². The van der Waals surface area contributed by atoms with Crippen molar-refractivity contribution in [1.29, 1.82) is 0 Å². The van der Waals surface area contributed by atoms with Gasteiger partial charge in [0.1, 0.15) is 0 Å². The molecule has 0 spiro atoms. The third-order valence-electron chi connectivity index (χ3n) is 1.14. The van der Waals surface area contributed by atoms with Crippen LogP contribution < -0.4 is 0 Å². The summed E-state index contributed by atoms with van der Waals surface area (Å²) in [4.78, 5) is 2.91. The highest BCUT2D eigenvalue weighted by molar-refractivity contribution is 7.80. The first-order valence-electron chi connectivity index (χ1n) is 3.19. The number of hydrogen-bond acceptors (Lipinski definition) is 1. The molecule has 0 aliphatic heterocycles. The van der Waals surface area contributed by atoms with Crippen molar-refractivity contribution >= 4 is 17.2 Å². The molecule has 0 aromatic carbocycles. The lowest BCUT2D eigenvalue weighted by molar-refractivity contribution is 0.520. The Labute approximate surface area is 68.0 Å². The van der Waals surface area contributed by atoms with E-state index >= 15 is 0 Å². The van der Waals surface area contributed by atoms with E-state index < -0.39 is 0 Å². The molecule has 0 saturated carbocycles. The molecule has 0 radical (unpaired) electrons. The molecular formula is C8H13NS. The second kappa shape index (κ2) is 5.18. The van der Waals surface area contributed by atoms with Gasteiger partial charge in [-0.25, -0.2) is 0 Å². The molecule has 56 valence electrons. The average Bonchev–Trinajstić information content (AvgIpc) is 1.87.